The van der Waals surface area contributed by atoms with Crippen molar-refractivity contribution in [2.45, 2.75) is 26.7 Å². The number of rotatable bonds is 3. The van der Waals surface area contributed by atoms with Gasteiger partial charge in [-0.1, -0.05) is 13.8 Å². The van der Waals surface area contributed by atoms with E-state index in [1.165, 1.54) is 11.3 Å². The Morgan fingerprint density at radius 2 is 1.88 bits per heavy atom. The zero-order valence-electron chi connectivity index (χ0n) is 15.3. The first-order valence-electron chi connectivity index (χ1n) is 8.82. The highest BCUT2D eigenvalue weighted by atomic mass is 32.1. The lowest BCUT2D eigenvalue weighted by Crippen LogP contribution is -2.50. The number of nitrogens with zero attached hydrogens (tertiary/aromatic N) is 3. The summed E-state index contributed by atoms with van der Waals surface area (Å²) in [5, 5.41) is 0.827. The number of carbonyl (C=O) groups is 2. The number of aromatic nitrogens is 1. The monoisotopic (exact) mass is 376 g/mol. The standard InChI is InChI=1S/C18H24N4O3S/c1-4-25-18(24)22-9-7-21(8-10-22)17(23)15-14(19)12-5-6-13(11(2)3)20-16(12)26-15/h5-6,11H,4,7-10,19H2,1-3H3. The number of ether oxygens (including phenoxy) is 1. The summed E-state index contributed by atoms with van der Waals surface area (Å²) in [4.78, 5) is 34.0. The number of piperazine rings is 1. The number of anilines is 1. The Morgan fingerprint density at radius 1 is 1.23 bits per heavy atom. The number of pyridine rings is 1. The lowest BCUT2D eigenvalue weighted by Gasteiger charge is -2.33. The van der Waals surface area contributed by atoms with Gasteiger partial charge in [-0.05, 0) is 25.0 Å². The summed E-state index contributed by atoms with van der Waals surface area (Å²) in [6, 6.07) is 3.90. The number of fused-ring (bicyclic) bond motifs is 1. The first-order chi connectivity index (χ1) is 12.4. The highest BCUT2D eigenvalue weighted by molar-refractivity contribution is 7.21. The fourth-order valence-corrected chi connectivity index (χ4v) is 4.01. The molecule has 0 aromatic carbocycles. The Hall–Kier alpha value is -2.35. The van der Waals surface area contributed by atoms with Gasteiger partial charge in [0.25, 0.3) is 5.91 Å². The molecule has 0 spiro atoms. The van der Waals surface area contributed by atoms with Crippen LogP contribution in [0.3, 0.4) is 0 Å². The van der Waals surface area contributed by atoms with Gasteiger partial charge >= 0.3 is 6.09 Å². The number of nitrogen functional groups attached to an aromatic ring is 1. The van der Waals surface area contributed by atoms with E-state index in [4.69, 9.17) is 10.5 Å². The van der Waals surface area contributed by atoms with Crippen molar-refractivity contribution >= 4 is 39.2 Å². The number of nitrogens with two attached hydrogens (primary N) is 1. The van der Waals surface area contributed by atoms with Crippen molar-refractivity contribution in [1.29, 1.82) is 0 Å². The summed E-state index contributed by atoms with van der Waals surface area (Å²) in [6.07, 6.45) is -0.327. The van der Waals surface area contributed by atoms with E-state index in [2.05, 4.69) is 18.8 Å². The molecule has 0 atom stereocenters. The molecule has 0 saturated carbocycles. The lowest BCUT2D eigenvalue weighted by atomic mass is 10.1. The third kappa shape index (κ3) is 3.46. The van der Waals surface area contributed by atoms with E-state index in [0.29, 0.717) is 49.3 Å². The van der Waals surface area contributed by atoms with Crippen LogP contribution in [0, 0.1) is 0 Å². The van der Waals surface area contributed by atoms with Crippen molar-refractivity contribution in [2.75, 3.05) is 38.5 Å². The van der Waals surface area contributed by atoms with Crippen LogP contribution < -0.4 is 5.73 Å². The van der Waals surface area contributed by atoms with Gasteiger partial charge in [0.05, 0.1) is 12.3 Å². The number of hydrogen-bond donors (Lipinski definition) is 1. The molecule has 7 nitrogen and oxygen atoms in total. The average Bonchev–Trinajstić information content (AvgIpc) is 2.97. The molecule has 1 saturated heterocycles. The van der Waals surface area contributed by atoms with Crippen molar-refractivity contribution in [1.82, 2.24) is 14.8 Å². The maximum atomic E-state index is 12.9. The maximum absolute atomic E-state index is 12.9. The SMILES string of the molecule is CCOC(=O)N1CCN(C(=O)c2sc3nc(C(C)C)ccc3c2N)CC1. The van der Waals surface area contributed by atoms with Crippen LogP contribution in [0.2, 0.25) is 0 Å². The van der Waals surface area contributed by atoms with Crippen molar-refractivity contribution in [3.63, 3.8) is 0 Å². The minimum atomic E-state index is -0.327. The third-order valence-electron chi connectivity index (χ3n) is 4.49. The molecule has 2 amide bonds. The number of thiophene rings is 1. The van der Waals surface area contributed by atoms with Crippen LogP contribution >= 0.6 is 11.3 Å². The molecule has 3 rings (SSSR count). The number of hydrogen-bond acceptors (Lipinski definition) is 6. The molecule has 2 aromatic heterocycles. The predicted octanol–water partition coefficient (Wildman–Crippen LogP) is 2.92. The molecule has 1 fully saturated rings. The van der Waals surface area contributed by atoms with Crippen LogP contribution in [0.25, 0.3) is 10.2 Å². The van der Waals surface area contributed by atoms with Gasteiger partial charge in [0, 0.05) is 37.3 Å². The molecular formula is C18H24N4O3S. The Bertz CT molecular complexity index is 825. The summed E-state index contributed by atoms with van der Waals surface area (Å²) in [5.74, 6) is 0.220. The van der Waals surface area contributed by atoms with E-state index >= 15 is 0 Å². The number of carbonyl (C=O) groups excluding carboxylic acids is 2. The summed E-state index contributed by atoms with van der Waals surface area (Å²) in [6.45, 7) is 8.16. The summed E-state index contributed by atoms with van der Waals surface area (Å²) >= 11 is 1.34. The fourth-order valence-electron chi connectivity index (χ4n) is 2.94. The Kier molecular flexibility index (Phi) is 5.31. The first kappa shape index (κ1) is 18.4. The van der Waals surface area contributed by atoms with Crippen LogP contribution in [0.15, 0.2) is 12.1 Å². The second kappa shape index (κ2) is 7.49. The molecule has 3 heterocycles. The first-order valence-corrected chi connectivity index (χ1v) is 9.63. The molecule has 140 valence electrons. The molecule has 1 aliphatic heterocycles. The van der Waals surface area contributed by atoms with Gasteiger partial charge in [-0.25, -0.2) is 9.78 Å². The smallest absolute Gasteiger partial charge is 0.409 e. The van der Waals surface area contributed by atoms with Crippen LogP contribution in [0.5, 0.6) is 0 Å². The largest absolute Gasteiger partial charge is 0.450 e. The van der Waals surface area contributed by atoms with E-state index in [9.17, 15) is 9.59 Å². The molecule has 0 bridgehead atoms. The highest BCUT2D eigenvalue weighted by Gasteiger charge is 2.28. The zero-order chi connectivity index (χ0) is 18.8. The molecule has 8 heteroatoms. The molecule has 0 aliphatic carbocycles. The van der Waals surface area contributed by atoms with Gasteiger partial charge in [-0.15, -0.1) is 11.3 Å². The second-order valence-corrected chi connectivity index (χ2v) is 7.57. The van der Waals surface area contributed by atoms with Gasteiger partial charge in [0.2, 0.25) is 0 Å². The zero-order valence-corrected chi connectivity index (χ0v) is 16.1. The predicted molar refractivity (Wildman–Crippen MR) is 103 cm³/mol. The normalized spacial score (nSPS) is 14.9. The van der Waals surface area contributed by atoms with Crippen LogP contribution in [0.4, 0.5) is 10.5 Å². The topological polar surface area (TPSA) is 88.8 Å². The quantitative estimate of drug-likeness (QED) is 0.890. The summed E-state index contributed by atoms with van der Waals surface area (Å²) in [7, 11) is 0. The third-order valence-corrected chi connectivity index (χ3v) is 5.60. The molecule has 2 aromatic rings. The van der Waals surface area contributed by atoms with Crippen LogP contribution in [-0.2, 0) is 4.74 Å². The molecule has 1 aliphatic rings. The Labute approximate surface area is 156 Å². The summed E-state index contributed by atoms with van der Waals surface area (Å²) in [5.41, 5.74) is 7.70. The maximum Gasteiger partial charge on any atom is 0.409 e. The fraction of sp³-hybridized carbons (Fsp3) is 0.500. The van der Waals surface area contributed by atoms with Gasteiger partial charge in [0.15, 0.2) is 0 Å². The molecule has 0 unspecified atom stereocenters. The van der Waals surface area contributed by atoms with Gasteiger partial charge in [0.1, 0.15) is 9.71 Å². The minimum Gasteiger partial charge on any atom is -0.450 e. The molecular weight excluding hydrogens is 352 g/mol. The average molecular weight is 376 g/mol. The van der Waals surface area contributed by atoms with Gasteiger partial charge in [-0.3, -0.25) is 4.79 Å². The minimum absolute atomic E-state index is 0.0971. The second-order valence-electron chi connectivity index (χ2n) is 6.57. The molecule has 26 heavy (non-hydrogen) atoms. The summed E-state index contributed by atoms with van der Waals surface area (Å²) < 4.78 is 5.01. The van der Waals surface area contributed by atoms with Crippen molar-refractivity contribution in [3.05, 3.63) is 22.7 Å². The Morgan fingerprint density at radius 3 is 2.50 bits per heavy atom. The lowest BCUT2D eigenvalue weighted by molar-refractivity contribution is 0.0575. The van der Waals surface area contributed by atoms with E-state index in [-0.39, 0.29) is 12.0 Å². The number of amides is 2. The van der Waals surface area contributed by atoms with Gasteiger partial charge in [-0.2, -0.15) is 0 Å². The molecule has 0 radical (unpaired) electrons. The van der Waals surface area contributed by atoms with E-state index < -0.39 is 0 Å². The highest BCUT2D eigenvalue weighted by Crippen LogP contribution is 2.34. The molecule has 2 N–H and O–H groups in total. The van der Waals surface area contributed by atoms with E-state index in [1.807, 2.05) is 12.1 Å². The van der Waals surface area contributed by atoms with Crippen LogP contribution in [-0.4, -0.2) is 59.6 Å². The van der Waals surface area contributed by atoms with Crippen molar-refractivity contribution < 1.29 is 14.3 Å². The van der Waals surface area contributed by atoms with Crippen molar-refractivity contribution in [3.8, 4) is 0 Å². The van der Waals surface area contributed by atoms with E-state index in [1.54, 1.807) is 16.7 Å². The van der Waals surface area contributed by atoms with Crippen LogP contribution in [0.1, 0.15) is 42.1 Å². The van der Waals surface area contributed by atoms with Gasteiger partial charge < -0.3 is 20.3 Å². The van der Waals surface area contributed by atoms with E-state index in [0.717, 1.165) is 15.9 Å². The Balaban J connectivity index is 1.76. The van der Waals surface area contributed by atoms with Crippen molar-refractivity contribution in [2.24, 2.45) is 0 Å².